The Kier molecular flexibility index (Phi) is 3.89. The van der Waals surface area contributed by atoms with Crippen molar-refractivity contribution in [1.29, 1.82) is 0 Å². The first-order valence-electron chi connectivity index (χ1n) is 7.72. The van der Waals surface area contributed by atoms with Gasteiger partial charge < -0.3 is 14.8 Å². The van der Waals surface area contributed by atoms with Gasteiger partial charge in [0.1, 0.15) is 0 Å². The van der Waals surface area contributed by atoms with Gasteiger partial charge in [-0.15, -0.1) is 0 Å². The Bertz CT molecular complexity index is 400. The molecule has 3 heterocycles. The Balaban J connectivity index is 1.67. The molecule has 2 aliphatic heterocycles. The van der Waals surface area contributed by atoms with E-state index in [0.29, 0.717) is 5.41 Å². The molecule has 0 amide bonds. The summed E-state index contributed by atoms with van der Waals surface area (Å²) in [6.07, 6.45) is 9.32. The highest BCUT2D eigenvalue weighted by molar-refractivity contribution is 5.15. The third-order valence-corrected chi connectivity index (χ3v) is 4.89. The van der Waals surface area contributed by atoms with E-state index >= 15 is 0 Å². The molecule has 0 unspecified atom stereocenters. The first-order valence-corrected chi connectivity index (χ1v) is 7.72. The fourth-order valence-electron chi connectivity index (χ4n) is 3.49. The first-order chi connectivity index (χ1) is 9.28. The summed E-state index contributed by atoms with van der Waals surface area (Å²) in [7, 11) is 0. The highest BCUT2D eigenvalue weighted by atomic mass is 15.2. The van der Waals surface area contributed by atoms with Crippen molar-refractivity contribution in [2.24, 2.45) is 0 Å². The summed E-state index contributed by atoms with van der Waals surface area (Å²) in [5.74, 6) is 0. The van der Waals surface area contributed by atoms with Crippen molar-refractivity contribution in [3.63, 3.8) is 0 Å². The summed E-state index contributed by atoms with van der Waals surface area (Å²) in [5, 5.41) is 3.46. The smallest absolute Gasteiger partial charge is 0.0948 e. The first kappa shape index (κ1) is 13.1. The van der Waals surface area contributed by atoms with Gasteiger partial charge in [-0.2, -0.15) is 0 Å². The van der Waals surface area contributed by atoms with E-state index < -0.39 is 0 Å². The van der Waals surface area contributed by atoms with Crippen LogP contribution in [-0.2, 0) is 12.0 Å². The second-order valence-corrected chi connectivity index (χ2v) is 6.33. The van der Waals surface area contributed by atoms with E-state index in [2.05, 4.69) is 32.9 Å². The van der Waals surface area contributed by atoms with Crippen LogP contribution in [-0.4, -0.2) is 47.2 Å². The number of nitrogens with one attached hydrogen (secondary N) is 1. The van der Waals surface area contributed by atoms with Gasteiger partial charge in [0.05, 0.1) is 6.33 Å². The molecule has 4 nitrogen and oxygen atoms in total. The average molecular weight is 262 g/mol. The molecule has 4 heteroatoms. The second kappa shape index (κ2) is 5.63. The standard InChI is InChI=1S/C15H26N4/c1-15(4-6-16-7-5-15)14-12-17-13-19(14)11-10-18-8-2-3-9-18/h12-13,16H,2-11H2,1H3. The lowest BCUT2D eigenvalue weighted by atomic mass is 9.78. The molecule has 3 rings (SSSR count). The maximum absolute atomic E-state index is 4.41. The van der Waals surface area contributed by atoms with Gasteiger partial charge >= 0.3 is 0 Å². The number of piperidine rings is 1. The zero-order valence-corrected chi connectivity index (χ0v) is 12.1. The van der Waals surface area contributed by atoms with Gasteiger partial charge in [-0.3, -0.25) is 0 Å². The van der Waals surface area contributed by atoms with Crippen LogP contribution in [0.15, 0.2) is 12.5 Å². The number of hydrogen-bond acceptors (Lipinski definition) is 3. The van der Waals surface area contributed by atoms with Crippen molar-refractivity contribution in [3.8, 4) is 0 Å². The average Bonchev–Trinajstić information content (AvgIpc) is 3.09. The maximum atomic E-state index is 4.41. The van der Waals surface area contributed by atoms with Crippen molar-refractivity contribution in [2.75, 3.05) is 32.7 Å². The minimum Gasteiger partial charge on any atom is -0.333 e. The zero-order valence-electron chi connectivity index (χ0n) is 12.1. The molecule has 1 aromatic heterocycles. The lowest BCUT2D eigenvalue weighted by Crippen LogP contribution is -2.39. The Morgan fingerprint density at radius 3 is 2.68 bits per heavy atom. The van der Waals surface area contributed by atoms with E-state index in [1.807, 2.05) is 6.33 Å². The topological polar surface area (TPSA) is 33.1 Å². The van der Waals surface area contributed by atoms with Crippen LogP contribution in [0, 0.1) is 0 Å². The fourth-order valence-corrected chi connectivity index (χ4v) is 3.49. The number of likely N-dealkylation sites (tertiary alicyclic amines) is 1. The summed E-state index contributed by atoms with van der Waals surface area (Å²) in [4.78, 5) is 6.99. The zero-order chi connectivity index (χ0) is 13.1. The van der Waals surface area contributed by atoms with Crippen LogP contribution in [0.5, 0.6) is 0 Å². The van der Waals surface area contributed by atoms with Crippen molar-refractivity contribution in [2.45, 2.75) is 44.6 Å². The van der Waals surface area contributed by atoms with E-state index in [-0.39, 0.29) is 0 Å². The molecule has 0 radical (unpaired) electrons. The molecule has 0 saturated carbocycles. The number of nitrogens with zero attached hydrogens (tertiary/aromatic N) is 3. The van der Waals surface area contributed by atoms with Gasteiger partial charge in [0.25, 0.3) is 0 Å². The highest BCUT2D eigenvalue weighted by Crippen LogP contribution is 2.32. The maximum Gasteiger partial charge on any atom is 0.0948 e. The molecule has 0 aromatic carbocycles. The van der Waals surface area contributed by atoms with E-state index in [0.717, 1.165) is 19.6 Å². The molecule has 19 heavy (non-hydrogen) atoms. The molecule has 2 fully saturated rings. The monoisotopic (exact) mass is 262 g/mol. The minimum atomic E-state index is 0.312. The van der Waals surface area contributed by atoms with Crippen LogP contribution in [0.1, 0.15) is 38.3 Å². The van der Waals surface area contributed by atoms with E-state index in [1.54, 1.807) is 0 Å². The predicted molar refractivity (Wildman–Crippen MR) is 77.4 cm³/mol. The number of hydrogen-bond donors (Lipinski definition) is 1. The molecule has 106 valence electrons. The van der Waals surface area contributed by atoms with E-state index in [4.69, 9.17) is 0 Å². The minimum absolute atomic E-state index is 0.312. The fraction of sp³-hybridized carbons (Fsp3) is 0.800. The molecule has 0 bridgehead atoms. The summed E-state index contributed by atoms with van der Waals surface area (Å²) in [5.41, 5.74) is 1.75. The Hall–Kier alpha value is -0.870. The summed E-state index contributed by atoms with van der Waals surface area (Å²) >= 11 is 0. The van der Waals surface area contributed by atoms with E-state index in [1.165, 1.54) is 51.0 Å². The molecule has 0 aliphatic carbocycles. The van der Waals surface area contributed by atoms with Crippen molar-refractivity contribution < 1.29 is 0 Å². The number of aromatic nitrogens is 2. The quantitative estimate of drug-likeness (QED) is 0.895. The van der Waals surface area contributed by atoms with Crippen LogP contribution in [0.2, 0.25) is 0 Å². The van der Waals surface area contributed by atoms with Gasteiger partial charge in [0.15, 0.2) is 0 Å². The SMILES string of the molecule is CC1(c2cncn2CCN2CCCC2)CCNCC1. The van der Waals surface area contributed by atoms with Gasteiger partial charge in [0.2, 0.25) is 0 Å². The van der Waals surface area contributed by atoms with Crippen LogP contribution >= 0.6 is 0 Å². The third kappa shape index (κ3) is 2.84. The summed E-state index contributed by atoms with van der Waals surface area (Å²) in [6.45, 7) is 9.51. The lowest BCUT2D eigenvalue weighted by molar-refractivity contribution is 0.294. The third-order valence-electron chi connectivity index (χ3n) is 4.89. The summed E-state index contributed by atoms with van der Waals surface area (Å²) in [6, 6.07) is 0. The van der Waals surface area contributed by atoms with Crippen molar-refractivity contribution >= 4 is 0 Å². The summed E-state index contributed by atoms with van der Waals surface area (Å²) < 4.78 is 2.39. The number of imidazole rings is 1. The molecule has 0 atom stereocenters. The molecule has 0 spiro atoms. The number of rotatable bonds is 4. The van der Waals surface area contributed by atoms with E-state index in [9.17, 15) is 0 Å². The largest absolute Gasteiger partial charge is 0.333 e. The van der Waals surface area contributed by atoms with Crippen LogP contribution < -0.4 is 5.32 Å². The molecular formula is C15H26N4. The highest BCUT2D eigenvalue weighted by Gasteiger charge is 2.31. The van der Waals surface area contributed by atoms with Crippen LogP contribution in [0.25, 0.3) is 0 Å². The lowest BCUT2D eigenvalue weighted by Gasteiger charge is -2.34. The molecule has 1 N–H and O–H groups in total. The van der Waals surface area contributed by atoms with Crippen molar-refractivity contribution in [3.05, 3.63) is 18.2 Å². The second-order valence-electron chi connectivity index (χ2n) is 6.33. The Morgan fingerprint density at radius 2 is 1.95 bits per heavy atom. The molecule has 1 aromatic rings. The molecule has 2 saturated heterocycles. The van der Waals surface area contributed by atoms with Gasteiger partial charge in [-0.05, 0) is 51.9 Å². The Labute approximate surface area is 116 Å². The van der Waals surface area contributed by atoms with Crippen molar-refractivity contribution in [1.82, 2.24) is 19.8 Å². The van der Waals surface area contributed by atoms with Gasteiger partial charge in [-0.1, -0.05) is 6.92 Å². The van der Waals surface area contributed by atoms with Gasteiger partial charge in [-0.25, -0.2) is 4.98 Å². The Morgan fingerprint density at radius 1 is 1.21 bits per heavy atom. The molecular weight excluding hydrogens is 236 g/mol. The van der Waals surface area contributed by atoms with Crippen LogP contribution in [0.4, 0.5) is 0 Å². The van der Waals surface area contributed by atoms with Crippen LogP contribution in [0.3, 0.4) is 0 Å². The normalized spacial score (nSPS) is 23.8. The van der Waals surface area contributed by atoms with Gasteiger partial charge in [0, 0.05) is 30.4 Å². The molecule has 2 aliphatic rings. The predicted octanol–water partition coefficient (Wildman–Crippen LogP) is 1.62.